The van der Waals surface area contributed by atoms with Crippen LogP contribution >= 0.6 is 11.6 Å². The lowest BCUT2D eigenvalue weighted by atomic mass is 9.94. The average molecular weight is 312 g/mol. The Balaban J connectivity index is 2.95. The van der Waals surface area contributed by atoms with Crippen molar-refractivity contribution in [2.75, 3.05) is 14.2 Å². The van der Waals surface area contributed by atoms with Crippen molar-refractivity contribution in [1.82, 2.24) is 5.32 Å². The smallest absolute Gasteiger partial charge is 0.407 e. The molecule has 1 rings (SSSR count). The van der Waals surface area contributed by atoms with E-state index in [1.54, 1.807) is 18.2 Å². The number of nitrogens with one attached hydrogen (secondary N) is 1. The third kappa shape index (κ3) is 5.47. The van der Waals surface area contributed by atoms with Crippen molar-refractivity contribution in [1.29, 1.82) is 0 Å². The summed E-state index contributed by atoms with van der Waals surface area (Å²) in [6, 6.07) is 6.74. The summed E-state index contributed by atoms with van der Waals surface area (Å²) in [7, 11) is 2.60. The maximum Gasteiger partial charge on any atom is 0.407 e. The lowest BCUT2D eigenvalue weighted by Crippen LogP contribution is -2.32. The quantitative estimate of drug-likeness (QED) is 0.670. The molecule has 2 atom stereocenters. The fourth-order valence-electron chi connectivity index (χ4n) is 1.78. The molecule has 0 spiro atoms. The minimum atomic E-state index is -0.548. The molecule has 0 aliphatic heterocycles. The van der Waals surface area contributed by atoms with Crippen LogP contribution in [0.1, 0.15) is 18.5 Å². The van der Waals surface area contributed by atoms with Gasteiger partial charge in [0.05, 0.1) is 20.3 Å². The topological polar surface area (TPSA) is 64.6 Å². The first-order chi connectivity index (χ1) is 9.97. The van der Waals surface area contributed by atoms with Gasteiger partial charge in [0.25, 0.3) is 0 Å². The van der Waals surface area contributed by atoms with Gasteiger partial charge in [-0.2, -0.15) is 0 Å². The Morgan fingerprint density at radius 3 is 2.33 bits per heavy atom. The molecule has 6 heteroatoms. The van der Waals surface area contributed by atoms with E-state index in [9.17, 15) is 9.59 Å². The van der Waals surface area contributed by atoms with E-state index in [4.69, 9.17) is 11.6 Å². The van der Waals surface area contributed by atoms with E-state index in [1.807, 2.05) is 19.1 Å². The van der Waals surface area contributed by atoms with E-state index in [0.717, 1.165) is 5.56 Å². The molecule has 0 heterocycles. The molecule has 1 amide bonds. The van der Waals surface area contributed by atoms with E-state index in [1.165, 1.54) is 20.3 Å². The first-order valence-electron chi connectivity index (χ1n) is 6.34. The summed E-state index contributed by atoms with van der Waals surface area (Å²) in [6.45, 7) is 1.87. The lowest BCUT2D eigenvalue weighted by Gasteiger charge is -2.23. The highest BCUT2D eigenvalue weighted by atomic mass is 35.5. The zero-order valence-electron chi connectivity index (χ0n) is 12.1. The molecule has 0 unspecified atom stereocenters. The number of alkyl carbamates (subject to hydrolysis) is 1. The Hall–Kier alpha value is -2.01. The maximum absolute atomic E-state index is 11.5. The highest BCUT2D eigenvalue weighted by Crippen LogP contribution is 2.24. The number of carbonyl (C=O) groups is 2. The van der Waals surface area contributed by atoms with Crippen LogP contribution in [-0.4, -0.2) is 26.3 Å². The molecule has 0 fully saturated rings. The summed E-state index contributed by atoms with van der Waals surface area (Å²) in [5.41, 5.74) is 0.854. The zero-order valence-corrected chi connectivity index (χ0v) is 12.9. The van der Waals surface area contributed by atoms with Crippen LogP contribution in [0.25, 0.3) is 0 Å². The SMILES string of the molecule is COC(=O)/C=C/[C@@H](C)[C@H](NC(=O)OC)c1ccc(Cl)cc1. The molecule has 0 aromatic heterocycles. The largest absolute Gasteiger partial charge is 0.466 e. The molecule has 0 aliphatic rings. The van der Waals surface area contributed by atoms with Crippen molar-refractivity contribution in [3.8, 4) is 0 Å². The molecule has 0 bridgehead atoms. The van der Waals surface area contributed by atoms with Crippen molar-refractivity contribution < 1.29 is 19.1 Å². The first kappa shape index (κ1) is 17.0. The number of carbonyl (C=O) groups excluding carboxylic acids is 2. The average Bonchev–Trinajstić information content (AvgIpc) is 2.50. The molecular formula is C15H18ClNO4. The van der Waals surface area contributed by atoms with E-state index in [2.05, 4.69) is 14.8 Å². The van der Waals surface area contributed by atoms with Crippen LogP contribution in [0.2, 0.25) is 5.02 Å². The van der Waals surface area contributed by atoms with Gasteiger partial charge in [-0.25, -0.2) is 9.59 Å². The van der Waals surface area contributed by atoms with Crippen molar-refractivity contribution in [2.24, 2.45) is 5.92 Å². The van der Waals surface area contributed by atoms with Gasteiger partial charge in [0.1, 0.15) is 0 Å². The molecular weight excluding hydrogens is 294 g/mol. The number of benzene rings is 1. The summed E-state index contributed by atoms with van der Waals surface area (Å²) < 4.78 is 9.18. The van der Waals surface area contributed by atoms with Gasteiger partial charge in [-0.1, -0.05) is 36.7 Å². The number of hydrogen-bond acceptors (Lipinski definition) is 4. The van der Waals surface area contributed by atoms with Crippen molar-refractivity contribution in [3.63, 3.8) is 0 Å². The van der Waals surface area contributed by atoms with E-state index < -0.39 is 12.1 Å². The van der Waals surface area contributed by atoms with Crippen LogP contribution in [0.15, 0.2) is 36.4 Å². The summed E-state index contributed by atoms with van der Waals surface area (Å²) >= 11 is 5.86. The Morgan fingerprint density at radius 2 is 1.81 bits per heavy atom. The molecule has 114 valence electrons. The standard InChI is InChI=1S/C15H18ClNO4/c1-10(4-9-13(18)20-2)14(17-15(19)21-3)11-5-7-12(16)8-6-11/h4-10,14H,1-3H3,(H,17,19)/b9-4+/t10-,14+/m1/s1. The molecule has 0 saturated carbocycles. The minimum absolute atomic E-state index is 0.149. The lowest BCUT2D eigenvalue weighted by molar-refractivity contribution is -0.134. The highest BCUT2D eigenvalue weighted by molar-refractivity contribution is 6.30. The van der Waals surface area contributed by atoms with Gasteiger partial charge < -0.3 is 14.8 Å². The predicted molar refractivity (Wildman–Crippen MR) is 80.1 cm³/mol. The predicted octanol–water partition coefficient (Wildman–Crippen LogP) is 3.10. The number of amides is 1. The second kappa shape index (κ2) is 8.32. The second-order valence-corrected chi connectivity index (χ2v) is 4.84. The maximum atomic E-state index is 11.5. The van der Waals surface area contributed by atoms with Crippen molar-refractivity contribution in [2.45, 2.75) is 13.0 Å². The van der Waals surface area contributed by atoms with Gasteiger partial charge in [0.15, 0.2) is 0 Å². The van der Waals surface area contributed by atoms with E-state index in [-0.39, 0.29) is 12.0 Å². The Labute approximate surface area is 128 Å². The normalized spacial score (nSPS) is 13.5. The number of methoxy groups -OCH3 is 2. The van der Waals surface area contributed by atoms with Crippen molar-refractivity contribution in [3.05, 3.63) is 47.0 Å². The van der Waals surface area contributed by atoms with Gasteiger partial charge in [0, 0.05) is 11.1 Å². The number of ether oxygens (including phenoxy) is 2. The highest BCUT2D eigenvalue weighted by Gasteiger charge is 2.20. The van der Waals surface area contributed by atoms with E-state index >= 15 is 0 Å². The molecule has 21 heavy (non-hydrogen) atoms. The monoisotopic (exact) mass is 311 g/mol. The molecule has 0 radical (unpaired) electrons. The summed E-state index contributed by atoms with van der Waals surface area (Å²) in [5, 5.41) is 3.34. The number of hydrogen-bond donors (Lipinski definition) is 1. The molecule has 1 N–H and O–H groups in total. The Morgan fingerprint density at radius 1 is 1.19 bits per heavy atom. The third-order valence-electron chi connectivity index (χ3n) is 2.95. The fraction of sp³-hybridized carbons (Fsp3) is 0.333. The summed E-state index contributed by atoms with van der Waals surface area (Å²) in [5.74, 6) is -0.598. The van der Waals surface area contributed by atoms with Crippen LogP contribution in [0, 0.1) is 5.92 Å². The van der Waals surface area contributed by atoms with Crippen molar-refractivity contribution >= 4 is 23.7 Å². The molecule has 1 aromatic carbocycles. The summed E-state index contributed by atoms with van der Waals surface area (Å²) in [6.07, 6.45) is 2.45. The third-order valence-corrected chi connectivity index (χ3v) is 3.20. The molecule has 1 aromatic rings. The van der Waals surface area contributed by atoms with Gasteiger partial charge >= 0.3 is 12.1 Å². The van der Waals surface area contributed by atoms with Crippen LogP contribution in [0.5, 0.6) is 0 Å². The van der Waals surface area contributed by atoms with Gasteiger partial charge in [-0.3, -0.25) is 0 Å². The Kier molecular flexibility index (Phi) is 6.75. The Bertz CT molecular complexity index is 513. The van der Waals surface area contributed by atoms with Gasteiger partial charge in [-0.05, 0) is 23.6 Å². The van der Waals surface area contributed by atoms with Crippen LogP contribution in [0.3, 0.4) is 0 Å². The minimum Gasteiger partial charge on any atom is -0.466 e. The number of halogens is 1. The van der Waals surface area contributed by atoms with Crippen LogP contribution in [-0.2, 0) is 14.3 Å². The second-order valence-electron chi connectivity index (χ2n) is 4.41. The fourth-order valence-corrected chi connectivity index (χ4v) is 1.91. The van der Waals surface area contributed by atoms with Gasteiger partial charge in [0.2, 0.25) is 0 Å². The first-order valence-corrected chi connectivity index (χ1v) is 6.71. The molecule has 0 aliphatic carbocycles. The summed E-state index contributed by atoms with van der Waals surface area (Å²) in [4.78, 5) is 22.6. The zero-order chi connectivity index (χ0) is 15.8. The number of esters is 1. The van der Waals surface area contributed by atoms with Gasteiger partial charge in [-0.15, -0.1) is 0 Å². The van der Waals surface area contributed by atoms with Crippen LogP contribution in [0.4, 0.5) is 4.79 Å². The van der Waals surface area contributed by atoms with Crippen LogP contribution < -0.4 is 5.32 Å². The molecule has 0 saturated heterocycles. The molecule has 5 nitrogen and oxygen atoms in total. The number of rotatable bonds is 5. The van der Waals surface area contributed by atoms with E-state index in [0.29, 0.717) is 5.02 Å².